The van der Waals surface area contributed by atoms with Gasteiger partial charge in [0.1, 0.15) is 0 Å². The van der Waals surface area contributed by atoms with E-state index in [-0.39, 0.29) is 11.9 Å². The maximum absolute atomic E-state index is 12.4. The van der Waals surface area contributed by atoms with E-state index < -0.39 is 0 Å². The van der Waals surface area contributed by atoms with E-state index in [2.05, 4.69) is 40.6 Å². The molecule has 0 spiro atoms. The van der Waals surface area contributed by atoms with Crippen molar-refractivity contribution in [3.63, 3.8) is 0 Å². The van der Waals surface area contributed by atoms with Crippen molar-refractivity contribution < 1.29 is 4.79 Å². The van der Waals surface area contributed by atoms with E-state index in [0.717, 1.165) is 16.1 Å². The van der Waals surface area contributed by atoms with Crippen LogP contribution in [0.1, 0.15) is 18.5 Å². The Labute approximate surface area is 168 Å². The van der Waals surface area contributed by atoms with E-state index in [0.29, 0.717) is 5.75 Å². The molecule has 1 atom stereocenters. The number of nitrogens with one attached hydrogen (secondary N) is 1. The number of nitrogens with zero attached hydrogens (tertiary/aromatic N) is 2. The summed E-state index contributed by atoms with van der Waals surface area (Å²) in [6.45, 7) is 2.00. The molecule has 0 saturated heterocycles. The van der Waals surface area contributed by atoms with Crippen molar-refractivity contribution in [3.05, 3.63) is 91.0 Å². The first-order chi connectivity index (χ1) is 13.7. The molecule has 4 aromatic rings. The molecule has 1 aromatic heterocycles. The number of hydrogen-bond donors (Lipinski definition) is 1. The summed E-state index contributed by atoms with van der Waals surface area (Å²) in [6.07, 6.45) is 5.43. The number of thioether (sulfide) groups is 1. The number of carbonyl (C=O) groups excluding carboxylic acids is 1. The highest BCUT2D eigenvalue weighted by Gasteiger charge is 2.10. The largest absolute Gasteiger partial charge is 0.349 e. The second-order valence-electron chi connectivity index (χ2n) is 6.65. The Morgan fingerprint density at radius 1 is 1.07 bits per heavy atom. The molecule has 1 heterocycles. The zero-order chi connectivity index (χ0) is 19.3. The van der Waals surface area contributed by atoms with Gasteiger partial charge in [0.25, 0.3) is 0 Å². The average molecular weight is 388 g/mol. The Bertz CT molecular complexity index is 1070. The van der Waals surface area contributed by atoms with Gasteiger partial charge in [-0.15, -0.1) is 11.8 Å². The highest BCUT2D eigenvalue weighted by Crippen LogP contribution is 2.24. The molecule has 0 aliphatic heterocycles. The van der Waals surface area contributed by atoms with Crippen molar-refractivity contribution in [1.82, 2.24) is 14.9 Å². The third-order valence-corrected chi connectivity index (χ3v) is 5.66. The highest BCUT2D eigenvalue weighted by atomic mass is 32.2. The van der Waals surface area contributed by atoms with Crippen LogP contribution in [0.3, 0.4) is 0 Å². The van der Waals surface area contributed by atoms with Crippen LogP contribution >= 0.6 is 11.8 Å². The molecule has 0 aliphatic carbocycles. The van der Waals surface area contributed by atoms with Gasteiger partial charge in [0.05, 0.1) is 18.1 Å². The Hall–Kier alpha value is -3.05. The predicted octanol–water partition coefficient (Wildman–Crippen LogP) is 5.00. The Kier molecular flexibility index (Phi) is 5.44. The number of aromatic nitrogens is 2. The van der Waals surface area contributed by atoms with E-state index in [1.165, 1.54) is 10.8 Å². The summed E-state index contributed by atoms with van der Waals surface area (Å²) in [6, 6.07) is 22.6. The van der Waals surface area contributed by atoms with Crippen molar-refractivity contribution in [2.24, 2.45) is 0 Å². The van der Waals surface area contributed by atoms with Gasteiger partial charge in [0, 0.05) is 23.0 Å². The van der Waals surface area contributed by atoms with Crippen LogP contribution in [0.15, 0.2) is 90.3 Å². The van der Waals surface area contributed by atoms with E-state index in [9.17, 15) is 4.79 Å². The maximum Gasteiger partial charge on any atom is 0.230 e. The lowest BCUT2D eigenvalue weighted by Crippen LogP contribution is -2.28. The van der Waals surface area contributed by atoms with Crippen molar-refractivity contribution in [3.8, 4) is 5.69 Å². The molecule has 0 radical (unpaired) electrons. The van der Waals surface area contributed by atoms with E-state index >= 15 is 0 Å². The predicted molar refractivity (Wildman–Crippen MR) is 115 cm³/mol. The van der Waals surface area contributed by atoms with Gasteiger partial charge in [0.15, 0.2) is 0 Å². The number of imidazole rings is 1. The Morgan fingerprint density at radius 2 is 1.86 bits per heavy atom. The van der Waals surface area contributed by atoms with Gasteiger partial charge in [-0.05, 0) is 47.5 Å². The zero-order valence-electron chi connectivity index (χ0n) is 15.6. The minimum atomic E-state index is -0.0402. The molecule has 1 N–H and O–H groups in total. The summed E-state index contributed by atoms with van der Waals surface area (Å²) >= 11 is 1.56. The number of benzene rings is 3. The third kappa shape index (κ3) is 4.26. The first kappa shape index (κ1) is 18.3. The molecule has 4 nitrogen and oxygen atoms in total. The molecule has 0 saturated carbocycles. The van der Waals surface area contributed by atoms with Gasteiger partial charge < -0.3 is 9.88 Å². The van der Waals surface area contributed by atoms with Crippen molar-refractivity contribution >= 4 is 28.4 Å². The number of hydrogen-bond acceptors (Lipinski definition) is 3. The first-order valence-electron chi connectivity index (χ1n) is 9.18. The Morgan fingerprint density at radius 3 is 2.61 bits per heavy atom. The standard InChI is InChI=1S/C23H21N3OS/c1-17(18-6-9-21(10-7-18)26-13-12-24-16-26)25-23(27)15-28-22-11-8-19-4-2-3-5-20(19)14-22/h2-14,16-17H,15H2,1H3,(H,25,27)/t17-/m1/s1. The molecule has 28 heavy (non-hydrogen) atoms. The van der Waals surface area contributed by atoms with Crippen LogP contribution in [0, 0.1) is 0 Å². The van der Waals surface area contributed by atoms with Crippen molar-refractivity contribution in [2.75, 3.05) is 5.75 Å². The monoisotopic (exact) mass is 387 g/mol. The molecule has 5 heteroatoms. The summed E-state index contributed by atoms with van der Waals surface area (Å²) in [5.74, 6) is 0.430. The normalized spacial score (nSPS) is 12.0. The summed E-state index contributed by atoms with van der Waals surface area (Å²) in [4.78, 5) is 17.5. The molecule has 0 aliphatic rings. The van der Waals surface area contributed by atoms with E-state index in [4.69, 9.17) is 0 Å². The lowest BCUT2D eigenvalue weighted by atomic mass is 10.1. The van der Waals surface area contributed by atoms with Gasteiger partial charge in [-0.25, -0.2) is 4.98 Å². The summed E-state index contributed by atoms with van der Waals surface area (Å²) in [7, 11) is 0. The molecular formula is C23H21N3OS. The number of rotatable bonds is 6. The Balaban J connectivity index is 1.33. The van der Waals surface area contributed by atoms with Gasteiger partial charge in [-0.2, -0.15) is 0 Å². The van der Waals surface area contributed by atoms with Gasteiger partial charge in [-0.1, -0.05) is 42.5 Å². The first-order valence-corrected chi connectivity index (χ1v) is 10.2. The van der Waals surface area contributed by atoms with Crippen LogP contribution in [-0.2, 0) is 4.79 Å². The minimum absolute atomic E-state index is 0.0318. The zero-order valence-corrected chi connectivity index (χ0v) is 16.4. The molecular weight excluding hydrogens is 366 g/mol. The maximum atomic E-state index is 12.4. The van der Waals surface area contributed by atoms with Crippen LogP contribution < -0.4 is 5.32 Å². The molecule has 0 bridgehead atoms. The smallest absolute Gasteiger partial charge is 0.230 e. The second-order valence-corrected chi connectivity index (χ2v) is 7.70. The minimum Gasteiger partial charge on any atom is -0.349 e. The molecule has 4 rings (SSSR count). The fourth-order valence-corrected chi connectivity index (χ4v) is 3.88. The van der Waals surface area contributed by atoms with Crippen LogP contribution in [0.4, 0.5) is 0 Å². The topological polar surface area (TPSA) is 46.9 Å². The van der Waals surface area contributed by atoms with Gasteiger partial charge in [-0.3, -0.25) is 4.79 Å². The summed E-state index contributed by atoms with van der Waals surface area (Å²) in [5.41, 5.74) is 2.12. The van der Waals surface area contributed by atoms with E-state index in [1.807, 2.05) is 54.1 Å². The van der Waals surface area contributed by atoms with Crippen LogP contribution in [0.5, 0.6) is 0 Å². The van der Waals surface area contributed by atoms with Crippen LogP contribution in [0.2, 0.25) is 0 Å². The molecule has 0 unspecified atom stereocenters. The highest BCUT2D eigenvalue weighted by molar-refractivity contribution is 8.00. The number of amides is 1. The third-order valence-electron chi connectivity index (χ3n) is 4.66. The fourth-order valence-electron chi connectivity index (χ4n) is 3.12. The number of carbonyl (C=O) groups is 1. The lowest BCUT2D eigenvalue weighted by molar-refractivity contribution is -0.119. The second kappa shape index (κ2) is 8.31. The lowest BCUT2D eigenvalue weighted by Gasteiger charge is -2.15. The van der Waals surface area contributed by atoms with Crippen molar-refractivity contribution in [2.45, 2.75) is 17.9 Å². The molecule has 1 amide bonds. The molecule has 140 valence electrons. The SMILES string of the molecule is C[C@@H](NC(=O)CSc1ccc2ccccc2c1)c1ccc(-n2ccnc2)cc1. The summed E-state index contributed by atoms with van der Waals surface area (Å²) in [5, 5.41) is 5.48. The van der Waals surface area contributed by atoms with Gasteiger partial charge >= 0.3 is 0 Å². The average Bonchev–Trinajstić information content (AvgIpc) is 3.27. The quantitative estimate of drug-likeness (QED) is 0.474. The van der Waals surface area contributed by atoms with Crippen LogP contribution in [0.25, 0.3) is 16.5 Å². The molecule has 0 fully saturated rings. The summed E-state index contributed by atoms with van der Waals surface area (Å²) < 4.78 is 1.95. The van der Waals surface area contributed by atoms with E-state index in [1.54, 1.807) is 24.3 Å². The van der Waals surface area contributed by atoms with Crippen LogP contribution in [-0.4, -0.2) is 21.2 Å². The van der Waals surface area contributed by atoms with Gasteiger partial charge in [0.2, 0.25) is 5.91 Å². The molecule has 3 aromatic carbocycles. The van der Waals surface area contributed by atoms with Crippen molar-refractivity contribution in [1.29, 1.82) is 0 Å². The number of fused-ring (bicyclic) bond motifs is 1. The fraction of sp³-hybridized carbons (Fsp3) is 0.130.